The minimum atomic E-state index is -0.521. The molecule has 5 aromatic rings. The van der Waals surface area contributed by atoms with Gasteiger partial charge in [-0.25, -0.2) is 4.98 Å². The first-order valence-electron chi connectivity index (χ1n) is 12.4. The third-order valence-electron chi connectivity index (χ3n) is 6.47. The van der Waals surface area contributed by atoms with E-state index in [1.165, 1.54) is 0 Å². The maximum Gasteiger partial charge on any atom is 0.296 e. The number of halogens is 1. The van der Waals surface area contributed by atoms with E-state index in [9.17, 15) is 9.90 Å². The van der Waals surface area contributed by atoms with Gasteiger partial charge in [0.15, 0.2) is 5.69 Å². The number of carbonyl (C=O) groups excluding carboxylic acids is 1. The molecule has 0 spiro atoms. The van der Waals surface area contributed by atoms with Crippen LogP contribution in [0.2, 0.25) is 0 Å². The van der Waals surface area contributed by atoms with Crippen LogP contribution in [0.5, 0.6) is 11.6 Å². The highest BCUT2D eigenvalue weighted by molar-refractivity contribution is 9.10. The zero-order chi connectivity index (χ0) is 26.8. The number of aromatic nitrogens is 2. The lowest BCUT2D eigenvalue weighted by Crippen LogP contribution is -2.00. The van der Waals surface area contributed by atoms with Crippen LogP contribution in [0.25, 0.3) is 33.1 Å². The summed E-state index contributed by atoms with van der Waals surface area (Å²) in [6.45, 7) is 4.88. The summed E-state index contributed by atoms with van der Waals surface area (Å²) < 4.78 is 8.15. The Balaban J connectivity index is 1.59. The molecule has 192 valence electrons. The molecule has 1 N–H and O–H groups in total. The maximum atomic E-state index is 13.5. The summed E-state index contributed by atoms with van der Waals surface area (Å²) >= 11 is 3.46. The number of aromatic hydroxyl groups is 1. The van der Waals surface area contributed by atoms with Crippen molar-refractivity contribution in [3.8, 4) is 22.9 Å². The first kappa shape index (κ1) is 25.6. The van der Waals surface area contributed by atoms with Gasteiger partial charge in [-0.2, -0.15) is 0 Å². The van der Waals surface area contributed by atoms with Gasteiger partial charge >= 0.3 is 0 Å². The van der Waals surface area contributed by atoms with Crippen LogP contribution in [0.1, 0.15) is 30.6 Å². The van der Waals surface area contributed by atoms with Gasteiger partial charge in [-0.3, -0.25) is 4.79 Å². The van der Waals surface area contributed by atoms with Gasteiger partial charge in [0.2, 0.25) is 5.88 Å². The zero-order valence-corrected chi connectivity index (χ0v) is 22.9. The third kappa shape index (κ3) is 5.04. The Hall–Kier alpha value is -4.04. The quantitative estimate of drug-likeness (QED) is 0.199. The molecule has 0 aliphatic carbocycles. The molecular weight excluding hydrogens is 544 g/mol. The smallest absolute Gasteiger partial charge is 0.296 e. The number of aryl methyl sites for hydroxylation is 1. The molecule has 0 unspecified atom stereocenters. The van der Waals surface area contributed by atoms with Gasteiger partial charge < -0.3 is 14.4 Å². The molecule has 0 atom stereocenters. The topological polar surface area (TPSA) is 89.1 Å². The largest absolute Gasteiger partial charge is 0.497 e. The second kappa shape index (κ2) is 10.8. The number of pyridine rings is 1. The number of amides is 1. The Morgan fingerprint density at radius 1 is 1.05 bits per heavy atom. The maximum absolute atomic E-state index is 13.5. The van der Waals surface area contributed by atoms with E-state index < -0.39 is 5.91 Å². The van der Waals surface area contributed by atoms with Crippen LogP contribution in [0.4, 0.5) is 5.69 Å². The molecule has 0 aliphatic heterocycles. The van der Waals surface area contributed by atoms with Crippen molar-refractivity contribution in [2.45, 2.75) is 26.8 Å². The second-order valence-corrected chi connectivity index (χ2v) is 10.4. The minimum absolute atomic E-state index is 0.0272. The number of azo groups is 1. The Bertz CT molecular complexity index is 1670. The number of para-hydroxylation sites is 1. The molecule has 0 radical (unpaired) electrons. The SMILES string of the molecule is COc1ccc2c(c1)c(N=NC(=O)c1cc(-c3ccc(Br)cc3)nc3ccccc13)c(O)n2CCC(C)C. The summed E-state index contributed by atoms with van der Waals surface area (Å²) in [6, 6.07) is 22.5. The molecule has 0 bridgehead atoms. The third-order valence-corrected chi connectivity index (χ3v) is 7.00. The molecule has 5 rings (SSSR count). The van der Waals surface area contributed by atoms with Crippen molar-refractivity contribution in [1.29, 1.82) is 0 Å². The summed E-state index contributed by atoms with van der Waals surface area (Å²) in [6.07, 6.45) is 0.876. The zero-order valence-electron chi connectivity index (χ0n) is 21.4. The molecule has 2 aromatic heterocycles. The number of carbonyl (C=O) groups is 1. The summed E-state index contributed by atoms with van der Waals surface area (Å²) in [5, 5.41) is 20.8. The normalized spacial score (nSPS) is 11.7. The molecule has 2 heterocycles. The molecule has 0 fully saturated rings. The number of fused-ring (bicyclic) bond motifs is 2. The van der Waals surface area contributed by atoms with Crippen molar-refractivity contribution in [2.24, 2.45) is 16.1 Å². The van der Waals surface area contributed by atoms with Crippen LogP contribution in [0.15, 0.2) is 87.5 Å². The fourth-order valence-electron chi connectivity index (χ4n) is 4.41. The van der Waals surface area contributed by atoms with E-state index in [4.69, 9.17) is 9.72 Å². The lowest BCUT2D eigenvalue weighted by molar-refractivity contribution is 0.0996. The Kier molecular flexibility index (Phi) is 7.24. The van der Waals surface area contributed by atoms with Gasteiger partial charge in [0.25, 0.3) is 5.91 Å². The molecule has 0 aliphatic rings. The highest BCUT2D eigenvalue weighted by atomic mass is 79.9. The van der Waals surface area contributed by atoms with E-state index in [1.807, 2.05) is 60.7 Å². The molecule has 38 heavy (non-hydrogen) atoms. The fraction of sp³-hybridized carbons (Fsp3) is 0.200. The van der Waals surface area contributed by atoms with Crippen LogP contribution < -0.4 is 4.74 Å². The standard InChI is InChI=1S/C30H27BrN4O3/c1-18(2)14-15-35-27-13-12-21(38-3)16-24(27)28(30(35)37)33-34-29(36)23-17-26(19-8-10-20(31)11-9-19)32-25-7-5-4-6-22(23)25/h4-13,16-18,37H,14-15H2,1-3H3. The van der Waals surface area contributed by atoms with Gasteiger partial charge in [0, 0.05) is 27.4 Å². The van der Waals surface area contributed by atoms with Crippen LogP contribution >= 0.6 is 15.9 Å². The molecular formula is C30H27BrN4O3. The molecule has 0 saturated heterocycles. The molecule has 0 saturated carbocycles. The van der Waals surface area contributed by atoms with Crippen LogP contribution in [0.3, 0.4) is 0 Å². The van der Waals surface area contributed by atoms with Gasteiger partial charge in [0.05, 0.1) is 29.4 Å². The van der Waals surface area contributed by atoms with Crippen LogP contribution in [0, 0.1) is 5.92 Å². The second-order valence-electron chi connectivity index (χ2n) is 9.47. The lowest BCUT2D eigenvalue weighted by atomic mass is 10.0. The lowest BCUT2D eigenvalue weighted by Gasteiger charge is -2.09. The van der Waals surface area contributed by atoms with E-state index in [1.54, 1.807) is 23.8 Å². The highest BCUT2D eigenvalue weighted by Gasteiger charge is 2.19. The highest BCUT2D eigenvalue weighted by Crippen LogP contribution is 2.41. The first-order valence-corrected chi connectivity index (χ1v) is 13.2. The van der Waals surface area contributed by atoms with Gasteiger partial charge in [-0.1, -0.05) is 60.1 Å². The minimum Gasteiger partial charge on any atom is -0.497 e. The monoisotopic (exact) mass is 570 g/mol. The Morgan fingerprint density at radius 3 is 2.55 bits per heavy atom. The Labute approximate surface area is 228 Å². The van der Waals surface area contributed by atoms with Crippen molar-refractivity contribution in [2.75, 3.05) is 7.11 Å². The predicted octanol–water partition coefficient (Wildman–Crippen LogP) is 8.30. The average Bonchev–Trinajstić information content (AvgIpc) is 3.19. The molecule has 8 heteroatoms. The molecule has 1 amide bonds. The Morgan fingerprint density at radius 2 is 1.82 bits per heavy atom. The average molecular weight is 571 g/mol. The number of benzene rings is 3. The van der Waals surface area contributed by atoms with Crippen LogP contribution in [-0.4, -0.2) is 27.7 Å². The van der Waals surface area contributed by atoms with E-state index in [2.05, 4.69) is 40.0 Å². The first-order chi connectivity index (χ1) is 18.4. The number of rotatable bonds is 7. The van der Waals surface area contributed by atoms with Crippen molar-refractivity contribution in [3.63, 3.8) is 0 Å². The number of hydrogen-bond acceptors (Lipinski definition) is 5. The van der Waals surface area contributed by atoms with E-state index in [0.29, 0.717) is 45.8 Å². The van der Waals surface area contributed by atoms with Gasteiger partial charge in [-0.05, 0) is 54.8 Å². The van der Waals surface area contributed by atoms with E-state index in [0.717, 1.165) is 22.0 Å². The van der Waals surface area contributed by atoms with Gasteiger partial charge in [0.1, 0.15) is 5.75 Å². The van der Waals surface area contributed by atoms with Crippen molar-refractivity contribution in [1.82, 2.24) is 9.55 Å². The predicted molar refractivity (Wildman–Crippen MR) is 153 cm³/mol. The number of ether oxygens (including phenoxy) is 1. The number of methoxy groups -OCH3 is 1. The molecule has 7 nitrogen and oxygen atoms in total. The number of nitrogens with zero attached hydrogens (tertiary/aromatic N) is 4. The van der Waals surface area contributed by atoms with E-state index in [-0.39, 0.29) is 11.6 Å². The summed E-state index contributed by atoms with van der Waals surface area (Å²) in [4.78, 5) is 18.2. The summed E-state index contributed by atoms with van der Waals surface area (Å²) in [7, 11) is 1.58. The summed E-state index contributed by atoms with van der Waals surface area (Å²) in [5.74, 6) is 0.533. The van der Waals surface area contributed by atoms with Crippen molar-refractivity contribution >= 4 is 49.3 Å². The van der Waals surface area contributed by atoms with Crippen LogP contribution in [-0.2, 0) is 6.54 Å². The van der Waals surface area contributed by atoms with Crippen molar-refractivity contribution < 1.29 is 14.6 Å². The van der Waals surface area contributed by atoms with Gasteiger partial charge in [-0.15, -0.1) is 10.2 Å². The fourth-order valence-corrected chi connectivity index (χ4v) is 4.68. The summed E-state index contributed by atoms with van der Waals surface area (Å²) in [5.41, 5.74) is 3.65. The van der Waals surface area contributed by atoms with Crippen molar-refractivity contribution in [3.05, 3.63) is 82.8 Å². The molecule has 3 aromatic carbocycles. The number of hydrogen-bond donors (Lipinski definition) is 1. The van der Waals surface area contributed by atoms with E-state index >= 15 is 0 Å².